The van der Waals surface area contributed by atoms with Gasteiger partial charge in [-0.1, -0.05) is 37.0 Å². The summed E-state index contributed by atoms with van der Waals surface area (Å²) in [6.07, 6.45) is 7.29. The van der Waals surface area contributed by atoms with Crippen LogP contribution in [0.5, 0.6) is 0 Å². The number of anilines is 1. The van der Waals surface area contributed by atoms with Gasteiger partial charge in [-0.3, -0.25) is 4.79 Å². The van der Waals surface area contributed by atoms with Crippen molar-refractivity contribution in [1.29, 1.82) is 0 Å². The van der Waals surface area contributed by atoms with Crippen molar-refractivity contribution >= 4 is 11.7 Å². The van der Waals surface area contributed by atoms with Crippen LogP contribution >= 0.6 is 0 Å². The number of nitrogens with two attached hydrogens (primary N) is 1. The molecule has 116 valence electrons. The van der Waals surface area contributed by atoms with Crippen molar-refractivity contribution in [1.82, 2.24) is 15.1 Å². The number of hydrogen-bond acceptors (Lipinski definition) is 3. The molecule has 3 rings (SSSR count). The molecule has 2 aromatic rings. The third-order valence-electron chi connectivity index (χ3n) is 4.27. The van der Waals surface area contributed by atoms with Crippen molar-refractivity contribution in [2.45, 2.75) is 45.1 Å². The van der Waals surface area contributed by atoms with E-state index in [9.17, 15) is 4.79 Å². The second kappa shape index (κ2) is 6.22. The summed E-state index contributed by atoms with van der Waals surface area (Å²) in [5.41, 5.74) is 8.60. The minimum atomic E-state index is -0.122. The first-order valence-corrected chi connectivity index (χ1v) is 7.86. The third-order valence-corrected chi connectivity index (χ3v) is 4.27. The van der Waals surface area contributed by atoms with Crippen LogP contribution in [-0.4, -0.2) is 21.7 Å². The number of carbonyl (C=O) groups is 1. The zero-order chi connectivity index (χ0) is 15.5. The fraction of sp³-hybridized carbons (Fsp3) is 0.412. The van der Waals surface area contributed by atoms with E-state index in [-0.39, 0.29) is 11.9 Å². The van der Waals surface area contributed by atoms with Crippen LogP contribution in [0.1, 0.15) is 48.0 Å². The van der Waals surface area contributed by atoms with Gasteiger partial charge in [-0.15, -0.1) is 0 Å². The Morgan fingerprint density at radius 3 is 2.59 bits per heavy atom. The number of rotatable bonds is 3. The van der Waals surface area contributed by atoms with Crippen LogP contribution in [0.25, 0.3) is 5.69 Å². The molecule has 1 aliphatic rings. The Morgan fingerprint density at radius 1 is 1.23 bits per heavy atom. The molecule has 1 aromatic heterocycles. The van der Waals surface area contributed by atoms with Crippen LogP contribution in [-0.2, 0) is 0 Å². The van der Waals surface area contributed by atoms with Gasteiger partial charge in [0.25, 0.3) is 5.91 Å². The molecule has 0 saturated heterocycles. The summed E-state index contributed by atoms with van der Waals surface area (Å²) in [7, 11) is 0. The van der Waals surface area contributed by atoms with Gasteiger partial charge >= 0.3 is 0 Å². The van der Waals surface area contributed by atoms with Crippen molar-refractivity contribution in [3.8, 4) is 5.69 Å². The summed E-state index contributed by atoms with van der Waals surface area (Å²) in [5, 5.41) is 7.34. The van der Waals surface area contributed by atoms with Crippen molar-refractivity contribution in [2.75, 3.05) is 5.73 Å². The second-order valence-corrected chi connectivity index (χ2v) is 6.00. The number of hydrogen-bond donors (Lipinski definition) is 2. The number of amides is 1. The number of aromatic nitrogens is 2. The highest BCUT2D eigenvalue weighted by molar-refractivity contribution is 5.98. The summed E-state index contributed by atoms with van der Waals surface area (Å²) < 4.78 is 1.61. The Labute approximate surface area is 130 Å². The maximum atomic E-state index is 12.4. The maximum Gasteiger partial charge on any atom is 0.256 e. The average molecular weight is 298 g/mol. The van der Waals surface area contributed by atoms with E-state index in [2.05, 4.69) is 10.4 Å². The van der Waals surface area contributed by atoms with Gasteiger partial charge in [0, 0.05) is 6.04 Å². The van der Waals surface area contributed by atoms with Crippen molar-refractivity contribution in [3.63, 3.8) is 0 Å². The predicted molar refractivity (Wildman–Crippen MR) is 87.1 cm³/mol. The Hall–Kier alpha value is -2.30. The highest BCUT2D eigenvalue weighted by Crippen LogP contribution is 2.20. The molecule has 22 heavy (non-hydrogen) atoms. The SMILES string of the molecule is Cc1ccc(-n2ncc(C(=O)NC3CCCCC3)c2N)cc1. The molecule has 0 unspecified atom stereocenters. The van der Waals surface area contributed by atoms with Gasteiger partial charge < -0.3 is 11.1 Å². The highest BCUT2D eigenvalue weighted by atomic mass is 16.1. The van der Waals surface area contributed by atoms with Gasteiger partial charge in [0.2, 0.25) is 0 Å². The summed E-state index contributed by atoms with van der Waals surface area (Å²) >= 11 is 0. The molecule has 0 atom stereocenters. The van der Waals surface area contributed by atoms with E-state index in [0.717, 1.165) is 18.5 Å². The molecule has 5 nitrogen and oxygen atoms in total. The molecular weight excluding hydrogens is 276 g/mol. The zero-order valence-electron chi connectivity index (χ0n) is 12.9. The molecule has 3 N–H and O–H groups in total. The fourth-order valence-electron chi connectivity index (χ4n) is 2.93. The summed E-state index contributed by atoms with van der Waals surface area (Å²) in [4.78, 5) is 12.4. The maximum absolute atomic E-state index is 12.4. The summed E-state index contributed by atoms with van der Waals surface area (Å²) in [6.45, 7) is 2.03. The largest absolute Gasteiger partial charge is 0.383 e. The summed E-state index contributed by atoms with van der Waals surface area (Å²) in [5.74, 6) is 0.264. The van der Waals surface area contributed by atoms with Gasteiger partial charge in [0.05, 0.1) is 11.9 Å². The lowest BCUT2D eigenvalue weighted by atomic mass is 9.95. The highest BCUT2D eigenvalue weighted by Gasteiger charge is 2.20. The van der Waals surface area contributed by atoms with Crippen LogP contribution < -0.4 is 11.1 Å². The topological polar surface area (TPSA) is 72.9 Å². The molecule has 1 amide bonds. The fourth-order valence-corrected chi connectivity index (χ4v) is 2.93. The lowest BCUT2D eigenvalue weighted by molar-refractivity contribution is 0.0928. The van der Waals surface area contributed by atoms with E-state index in [1.54, 1.807) is 10.9 Å². The van der Waals surface area contributed by atoms with E-state index in [0.29, 0.717) is 11.4 Å². The van der Waals surface area contributed by atoms with E-state index >= 15 is 0 Å². The zero-order valence-corrected chi connectivity index (χ0v) is 12.9. The Bertz CT molecular complexity index is 654. The number of nitrogens with one attached hydrogen (secondary N) is 1. The summed E-state index contributed by atoms with van der Waals surface area (Å²) in [6, 6.07) is 8.16. The van der Waals surface area contributed by atoms with Gasteiger partial charge in [0.1, 0.15) is 11.4 Å². The van der Waals surface area contributed by atoms with E-state index < -0.39 is 0 Å². The first-order chi connectivity index (χ1) is 10.6. The number of nitrogens with zero attached hydrogens (tertiary/aromatic N) is 2. The Kier molecular flexibility index (Phi) is 4.13. The first-order valence-electron chi connectivity index (χ1n) is 7.86. The van der Waals surface area contributed by atoms with Gasteiger partial charge in [0.15, 0.2) is 0 Å². The monoisotopic (exact) mass is 298 g/mol. The smallest absolute Gasteiger partial charge is 0.256 e. The van der Waals surface area contributed by atoms with Crippen LogP contribution in [0.2, 0.25) is 0 Å². The molecule has 1 fully saturated rings. The Balaban J connectivity index is 1.77. The van der Waals surface area contributed by atoms with Crippen molar-refractivity contribution in [2.24, 2.45) is 0 Å². The van der Waals surface area contributed by atoms with Crippen LogP contribution in [0.3, 0.4) is 0 Å². The predicted octanol–water partition coefficient (Wildman–Crippen LogP) is 2.83. The lowest BCUT2D eigenvalue weighted by Crippen LogP contribution is -2.36. The Morgan fingerprint density at radius 2 is 1.91 bits per heavy atom. The standard InChI is InChI=1S/C17H22N4O/c1-12-7-9-14(10-8-12)21-16(18)15(11-19-21)17(22)20-13-5-3-2-4-6-13/h7-11,13H,2-6,18H2,1H3,(H,20,22). The third kappa shape index (κ3) is 2.98. The molecule has 0 spiro atoms. The molecule has 5 heteroatoms. The molecule has 0 bridgehead atoms. The second-order valence-electron chi connectivity index (χ2n) is 6.00. The van der Waals surface area contributed by atoms with E-state index in [4.69, 9.17) is 5.73 Å². The minimum Gasteiger partial charge on any atom is -0.383 e. The first kappa shape index (κ1) is 14.6. The molecule has 0 radical (unpaired) electrons. The molecule has 1 aliphatic carbocycles. The van der Waals surface area contributed by atoms with Gasteiger partial charge in [-0.2, -0.15) is 5.10 Å². The number of aryl methyl sites for hydroxylation is 1. The van der Waals surface area contributed by atoms with Gasteiger partial charge in [-0.05, 0) is 31.9 Å². The normalized spacial score (nSPS) is 15.7. The molecule has 1 aromatic carbocycles. The molecule has 1 saturated carbocycles. The lowest BCUT2D eigenvalue weighted by Gasteiger charge is -2.22. The van der Waals surface area contributed by atoms with Crippen molar-refractivity contribution in [3.05, 3.63) is 41.6 Å². The molecular formula is C17H22N4O. The van der Waals surface area contributed by atoms with Gasteiger partial charge in [-0.25, -0.2) is 4.68 Å². The minimum absolute atomic E-state index is 0.122. The van der Waals surface area contributed by atoms with Crippen molar-refractivity contribution < 1.29 is 4.79 Å². The molecule has 1 heterocycles. The van der Waals surface area contributed by atoms with Crippen LogP contribution in [0.4, 0.5) is 5.82 Å². The van der Waals surface area contributed by atoms with E-state index in [1.165, 1.54) is 24.8 Å². The van der Waals surface area contributed by atoms with Crippen LogP contribution in [0.15, 0.2) is 30.5 Å². The van der Waals surface area contributed by atoms with E-state index in [1.807, 2.05) is 31.2 Å². The average Bonchev–Trinajstić information content (AvgIpc) is 2.91. The number of nitrogen functional groups attached to an aromatic ring is 1. The number of benzene rings is 1. The quantitative estimate of drug-likeness (QED) is 0.915. The molecule has 0 aliphatic heterocycles. The number of carbonyl (C=O) groups excluding carboxylic acids is 1. The van der Waals surface area contributed by atoms with Crippen LogP contribution in [0, 0.1) is 6.92 Å².